The lowest BCUT2D eigenvalue weighted by molar-refractivity contribution is 0.393. The van der Waals surface area contributed by atoms with E-state index in [0.717, 1.165) is 30.6 Å². The average Bonchev–Trinajstić information content (AvgIpc) is 2.51. The minimum absolute atomic E-state index is 0.0878. The molecule has 2 unspecified atom stereocenters. The highest BCUT2D eigenvalue weighted by molar-refractivity contribution is 5.33. The maximum absolute atomic E-state index is 14.1. The van der Waals surface area contributed by atoms with Gasteiger partial charge in [-0.25, -0.2) is 8.78 Å². The van der Waals surface area contributed by atoms with Gasteiger partial charge in [0.1, 0.15) is 11.6 Å². The predicted molar refractivity (Wildman–Crippen MR) is 80.5 cm³/mol. The van der Waals surface area contributed by atoms with Crippen molar-refractivity contribution in [3.63, 3.8) is 0 Å². The van der Waals surface area contributed by atoms with E-state index < -0.39 is 0 Å². The molecule has 0 radical (unpaired) electrons. The predicted octanol–water partition coefficient (Wildman–Crippen LogP) is 4.13. The molecule has 2 aromatic rings. The average molecular weight is 287 g/mol. The second kappa shape index (κ2) is 5.94. The molecule has 0 aliphatic carbocycles. The van der Waals surface area contributed by atoms with Crippen molar-refractivity contribution in [1.82, 2.24) is 5.32 Å². The topological polar surface area (TPSA) is 12.0 Å². The van der Waals surface area contributed by atoms with Crippen LogP contribution in [0.3, 0.4) is 0 Å². The van der Waals surface area contributed by atoms with Gasteiger partial charge in [0.05, 0.1) is 0 Å². The number of rotatable bonds is 2. The largest absolute Gasteiger partial charge is 0.316 e. The highest BCUT2D eigenvalue weighted by atomic mass is 19.1. The van der Waals surface area contributed by atoms with E-state index in [9.17, 15) is 8.78 Å². The molecule has 0 amide bonds. The number of nitrogens with one attached hydrogen (secondary N) is 1. The molecule has 0 spiro atoms. The summed E-state index contributed by atoms with van der Waals surface area (Å²) in [4.78, 5) is 0. The lowest BCUT2D eigenvalue weighted by atomic mass is 9.77. The summed E-state index contributed by atoms with van der Waals surface area (Å²) in [5.74, 6) is -0.0302. The van der Waals surface area contributed by atoms with Crippen LogP contribution in [0.15, 0.2) is 42.5 Å². The van der Waals surface area contributed by atoms with E-state index in [0.29, 0.717) is 5.56 Å². The van der Waals surface area contributed by atoms with Crippen molar-refractivity contribution in [1.29, 1.82) is 0 Å². The molecule has 1 heterocycles. The Bertz CT molecular complexity index is 639. The molecule has 0 bridgehead atoms. The molecular weight excluding hydrogens is 268 g/mol. The Morgan fingerprint density at radius 3 is 2.57 bits per heavy atom. The molecule has 1 saturated heterocycles. The summed E-state index contributed by atoms with van der Waals surface area (Å²) < 4.78 is 27.6. The number of halogens is 2. The Morgan fingerprint density at radius 1 is 1.00 bits per heavy atom. The SMILES string of the molecule is Cc1cc(C2CCNCC2c2ccccc2F)ccc1F. The van der Waals surface area contributed by atoms with E-state index in [1.165, 1.54) is 12.1 Å². The molecule has 3 rings (SSSR count). The van der Waals surface area contributed by atoms with Crippen LogP contribution in [-0.2, 0) is 0 Å². The zero-order valence-electron chi connectivity index (χ0n) is 12.1. The molecule has 110 valence electrons. The molecule has 1 aliphatic rings. The van der Waals surface area contributed by atoms with E-state index in [-0.39, 0.29) is 23.5 Å². The highest BCUT2D eigenvalue weighted by Crippen LogP contribution is 2.38. The van der Waals surface area contributed by atoms with Crippen molar-refractivity contribution in [2.45, 2.75) is 25.2 Å². The number of benzene rings is 2. The van der Waals surface area contributed by atoms with Crippen LogP contribution < -0.4 is 5.32 Å². The van der Waals surface area contributed by atoms with Crippen molar-refractivity contribution in [3.05, 3.63) is 70.8 Å². The van der Waals surface area contributed by atoms with Crippen LogP contribution >= 0.6 is 0 Å². The minimum atomic E-state index is -0.185. The maximum Gasteiger partial charge on any atom is 0.126 e. The Balaban J connectivity index is 1.98. The summed E-state index contributed by atoms with van der Waals surface area (Å²) in [7, 11) is 0. The van der Waals surface area contributed by atoms with Crippen LogP contribution in [0.5, 0.6) is 0 Å². The summed E-state index contributed by atoms with van der Waals surface area (Å²) >= 11 is 0. The summed E-state index contributed by atoms with van der Waals surface area (Å²) in [5.41, 5.74) is 2.50. The zero-order valence-corrected chi connectivity index (χ0v) is 12.1. The molecule has 1 nitrogen and oxygen atoms in total. The van der Waals surface area contributed by atoms with Crippen LogP contribution in [0.1, 0.15) is 34.9 Å². The van der Waals surface area contributed by atoms with Gasteiger partial charge in [0.15, 0.2) is 0 Å². The van der Waals surface area contributed by atoms with Gasteiger partial charge in [-0.15, -0.1) is 0 Å². The molecular formula is C18H19F2N. The van der Waals surface area contributed by atoms with Crippen LogP contribution in [0.25, 0.3) is 0 Å². The lowest BCUT2D eigenvalue weighted by Crippen LogP contribution is -2.34. The number of hydrogen-bond donors (Lipinski definition) is 1. The summed E-state index contributed by atoms with van der Waals surface area (Å²) in [6.07, 6.45) is 0.935. The number of hydrogen-bond acceptors (Lipinski definition) is 1. The van der Waals surface area contributed by atoms with Gasteiger partial charge in [0.25, 0.3) is 0 Å². The standard InChI is InChI=1S/C18H19F2N/c1-12-10-13(6-7-17(12)19)14-8-9-21-11-16(14)15-4-2-3-5-18(15)20/h2-7,10,14,16,21H,8-9,11H2,1H3. The lowest BCUT2D eigenvalue weighted by Gasteiger charge is -2.33. The Hall–Kier alpha value is -1.74. The van der Waals surface area contributed by atoms with Gasteiger partial charge in [-0.2, -0.15) is 0 Å². The monoisotopic (exact) mass is 287 g/mol. The molecule has 2 aromatic carbocycles. The summed E-state index contributed by atoms with van der Waals surface area (Å²) in [5, 5.41) is 3.35. The molecule has 2 atom stereocenters. The molecule has 1 N–H and O–H groups in total. The first kappa shape index (κ1) is 14.2. The molecule has 3 heteroatoms. The zero-order chi connectivity index (χ0) is 14.8. The van der Waals surface area contributed by atoms with Gasteiger partial charge >= 0.3 is 0 Å². The molecule has 0 aromatic heterocycles. The Labute approximate surface area is 124 Å². The first-order valence-electron chi connectivity index (χ1n) is 7.38. The van der Waals surface area contributed by atoms with Crippen LogP contribution in [0, 0.1) is 18.6 Å². The van der Waals surface area contributed by atoms with Gasteiger partial charge in [-0.1, -0.05) is 30.3 Å². The minimum Gasteiger partial charge on any atom is -0.316 e. The van der Waals surface area contributed by atoms with E-state index >= 15 is 0 Å². The van der Waals surface area contributed by atoms with Gasteiger partial charge < -0.3 is 5.32 Å². The molecule has 0 saturated carbocycles. The van der Waals surface area contributed by atoms with Crippen molar-refractivity contribution in [2.75, 3.05) is 13.1 Å². The third-order valence-corrected chi connectivity index (χ3v) is 4.40. The van der Waals surface area contributed by atoms with E-state index in [4.69, 9.17) is 0 Å². The quantitative estimate of drug-likeness (QED) is 0.875. The fourth-order valence-corrected chi connectivity index (χ4v) is 3.26. The van der Waals surface area contributed by atoms with Crippen LogP contribution in [0.4, 0.5) is 8.78 Å². The van der Waals surface area contributed by atoms with Crippen LogP contribution in [0.2, 0.25) is 0 Å². The number of aryl methyl sites for hydroxylation is 1. The molecule has 1 aliphatic heterocycles. The van der Waals surface area contributed by atoms with Crippen molar-refractivity contribution in [3.8, 4) is 0 Å². The Kier molecular flexibility index (Phi) is 4.02. The van der Waals surface area contributed by atoms with E-state index in [2.05, 4.69) is 5.32 Å². The van der Waals surface area contributed by atoms with Gasteiger partial charge in [0.2, 0.25) is 0 Å². The fourth-order valence-electron chi connectivity index (χ4n) is 3.26. The smallest absolute Gasteiger partial charge is 0.126 e. The first-order chi connectivity index (χ1) is 10.2. The fraction of sp³-hybridized carbons (Fsp3) is 0.333. The van der Waals surface area contributed by atoms with Crippen molar-refractivity contribution < 1.29 is 8.78 Å². The summed E-state index contributed by atoms with van der Waals surface area (Å²) in [6, 6.07) is 12.2. The highest BCUT2D eigenvalue weighted by Gasteiger charge is 2.29. The maximum atomic E-state index is 14.1. The third-order valence-electron chi connectivity index (χ3n) is 4.40. The van der Waals surface area contributed by atoms with Crippen molar-refractivity contribution in [2.24, 2.45) is 0 Å². The second-order valence-corrected chi connectivity index (χ2v) is 5.74. The van der Waals surface area contributed by atoms with Crippen LogP contribution in [-0.4, -0.2) is 13.1 Å². The Morgan fingerprint density at radius 2 is 1.81 bits per heavy atom. The number of piperidine rings is 1. The van der Waals surface area contributed by atoms with Crippen molar-refractivity contribution >= 4 is 0 Å². The van der Waals surface area contributed by atoms with Gasteiger partial charge in [-0.3, -0.25) is 0 Å². The van der Waals surface area contributed by atoms with Gasteiger partial charge in [-0.05, 0) is 54.6 Å². The second-order valence-electron chi connectivity index (χ2n) is 5.74. The van der Waals surface area contributed by atoms with Gasteiger partial charge in [0, 0.05) is 12.5 Å². The molecule has 21 heavy (non-hydrogen) atoms. The van der Waals surface area contributed by atoms with E-state index in [1.807, 2.05) is 24.3 Å². The first-order valence-corrected chi connectivity index (χ1v) is 7.38. The summed E-state index contributed by atoms with van der Waals surface area (Å²) in [6.45, 7) is 3.44. The normalized spacial score (nSPS) is 22.2. The molecule has 1 fully saturated rings. The van der Waals surface area contributed by atoms with E-state index in [1.54, 1.807) is 13.0 Å². The third kappa shape index (κ3) is 2.84.